The van der Waals surface area contributed by atoms with Crippen molar-refractivity contribution in [3.05, 3.63) is 41.1 Å². The van der Waals surface area contributed by atoms with Gasteiger partial charge in [0.05, 0.1) is 0 Å². The van der Waals surface area contributed by atoms with E-state index in [0.29, 0.717) is 12.4 Å². The Morgan fingerprint density at radius 2 is 2.24 bits per heavy atom. The van der Waals surface area contributed by atoms with Crippen LogP contribution < -0.4 is 10.6 Å². The molecule has 0 radical (unpaired) electrons. The number of hydrogen-bond donors (Lipinski definition) is 1. The lowest BCUT2D eigenvalue weighted by Gasteiger charge is -2.30. The molecule has 6 nitrogen and oxygen atoms in total. The van der Waals surface area contributed by atoms with E-state index in [4.69, 9.17) is 10.5 Å². The molecule has 0 spiro atoms. The minimum atomic E-state index is 0.419. The molecule has 0 bridgehead atoms. The summed E-state index contributed by atoms with van der Waals surface area (Å²) in [6.45, 7) is 4.01. The predicted molar refractivity (Wildman–Crippen MR) is 80.9 cm³/mol. The lowest BCUT2D eigenvalue weighted by Crippen LogP contribution is -2.32. The molecule has 2 aromatic heterocycles. The number of aromatic nitrogens is 3. The number of anilines is 2. The zero-order chi connectivity index (χ0) is 14.8. The van der Waals surface area contributed by atoms with Crippen molar-refractivity contribution in [2.45, 2.75) is 26.5 Å². The second-order valence-electron chi connectivity index (χ2n) is 5.21. The van der Waals surface area contributed by atoms with Gasteiger partial charge in [-0.05, 0) is 13.0 Å². The zero-order valence-electron chi connectivity index (χ0n) is 12.3. The van der Waals surface area contributed by atoms with Gasteiger partial charge in [0, 0.05) is 61.5 Å². The number of aryl methyl sites for hydroxylation is 1. The van der Waals surface area contributed by atoms with Gasteiger partial charge in [-0.3, -0.25) is 4.98 Å². The third kappa shape index (κ3) is 2.80. The average molecular weight is 285 g/mol. The van der Waals surface area contributed by atoms with Crippen LogP contribution in [0, 0.1) is 6.92 Å². The summed E-state index contributed by atoms with van der Waals surface area (Å²) in [5.74, 6) is 1.63. The minimum absolute atomic E-state index is 0.419. The van der Waals surface area contributed by atoms with E-state index in [1.807, 2.05) is 19.1 Å². The van der Waals surface area contributed by atoms with Crippen LogP contribution in [-0.2, 0) is 24.3 Å². The van der Waals surface area contributed by atoms with Crippen LogP contribution in [0.2, 0.25) is 0 Å². The first-order chi connectivity index (χ1) is 10.2. The van der Waals surface area contributed by atoms with Gasteiger partial charge in [0.1, 0.15) is 12.4 Å². The van der Waals surface area contributed by atoms with Crippen LogP contribution in [0.4, 0.5) is 11.5 Å². The second-order valence-corrected chi connectivity index (χ2v) is 5.21. The molecule has 0 atom stereocenters. The lowest BCUT2D eigenvalue weighted by atomic mass is 10.0. The smallest absolute Gasteiger partial charge is 0.156 e. The van der Waals surface area contributed by atoms with Crippen molar-refractivity contribution in [1.82, 2.24) is 15.0 Å². The Hall–Kier alpha value is -2.21. The van der Waals surface area contributed by atoms with E-state index in [9.17, 15) is 0 Å². The van der Waals surface area contributed by atoms with Crippen LogP contribution in [0.3, 0.4) is 0 Å². The summed E-state index contributed by atoms with van der Waals surface area (Å²) in [6, 6.07) is 3.85. The first-order valence-electron chi connectivity index (χ1n) is 6.98. The van der Waals surface area contributed by atoms with Gasteiger partial charge >= 0.3 is 0 Å². The number of pyridine rings is 1. The summed E-state index contributed by atoms with van der Waals surface area (Å²) in [6.07, 6.45) is 2.65. The number of nitrogens with two attached hydrogens (primary N) is 1. The van der Waals surface area contributed by atoms with Gasteiger partial charge < -0.3 is 15.4 Å². The maximum Gasteiger partial charge on any atom is 0.156 e. The molecular formula is C15H19N5O. The maximum atomic E-state index is 6.07. The van der Waals surface area contributed by atoms with Gasteiger partial charge in [0.2, 0.25) is 0 Å². The molecule has 110 valence electrons. The summed E-state index contributed by atoms with van der Waals surface area (Å²) in [5.41, 5.74) is 10.0. The lowest BCUT2D eigenvalue weighted by molar-refractivity contribution is 0.177. The Bertz CT molecular complexity index is 659. The summed E-state index contributed by atoms with van der Waals surface area (Å²) < 4.78 is 5.13. The number of nitrogen functional groups attached to an aromatic ring is 1. The first-order valence-corrected chi connectivity index (χ1v) is 6.98. The Morgan fingerprint density at radius 3 is 3.05 bits per heavy atom. The van der Waals surface area contributed by atoms with Gasteiger partial charge in [-0.1, -0.05) is 0 Å². The van der Waals surface area contributed by atoms with Crippen molar-refractivity contribution in [2.75, 3.05) is 24.3 Å². The Morgan fingerprint density at radius 1 is 1.38 bits per heavy atom. The third-order valence-electron chi connectivity index (χ3n) is 3.63. The highest BCUT2D eigenvalue weighted by molar-refractivity contribution is 5.53. The third-order valence-corrected chi connectivity index (χ3v) is 3.63. The molecule has 21 heavy (non-hydrogen) atoms. The molecule has 2 aromatic rings. The number of ether oxygens (including phenoxy) is 1. The van der Waals surface area contributed by atoms with Crippen molar-refractivity contribution in [3.8, 4) is 0 Å². The number of rotatable bonds is 3. The van der Waals surface area contributed by atoms with Gasteiger partial charge in [0.15, 0.2) is 5.82 Å². The normalized spacial score (nSPS) is 14.1. The summed E-state index contributed by atoms with van der Waals surface area (Å²) in [4.78, 5) is 15.6. The van der Waals surface area contributed by atoms with Crippen molar-refractivity contribution < 1.29 is 4.74 Å². The van der Waals surface area contributed by atoms with Crippen LogP contribution in [0.5, 0.6) is 0 Å². The zero-order valence-corrected chi connectivity index (χ0v) is 12.3. The first kappa shape index (κ1) is 13.8. The molecule has 0 saturated carbocycles. The number of hydrogen-bond acceptors (Lipinski definition) is 6. The highest BCUT2D eigenvalue weighted by Gasteiger charge is 2.21. The Kier molecular flexibility index (Phi) is 3.70. The molecule has 6 heteroatoms. The van der Waals surface area contributed by atoms with Gasteiger partial charge in [-0.2, -0.15) is 0 Å². The van der Waals surface area contributed by atoms with E-state index in [1.165, 1.54) is 0 Å². The molecule has 1 aliphatic rings. The molecule has 0 fully saturated rings. The van der Waals surface area contributed by atoms with E-state index in [2.05, 4.69) is 19.9 Å². The van der Waals surface area contributed by atoms with E-state index >= 15 is 0 Å². The molecule has 3 rings (SSSR count). The van der Waals surface area contributed by atoms with E-state index < -0.39 is 0 Å². The maximum absolute atomic E-state index is 6.07. The predicted octanol–water partition coefficient (Wildman–Crippen LogP) is 1.47. The number of fused-ring (bicyclic) bond motifs is 1. The fourth-order valence-electron chi connectivity index (χ4n) is 2.62. The summed E-state index contributed by atoms with van der Waals surface area (Å²) >= 11 is 0. The van der Waals surface area contributed by atoms with Crippen LogP contribution in [0.15, 0.2) is 18.3 Å². The van der Waals surface area contributed by atoms with Crippen molar-refractivity contribution in [2.24, 2.45) is 0 Å². The SMILES string of the molecule is COCc1nc(C)cc(N2CCc3nccc(N)c3C2)n1. The molecule has 0 aromatic carbocycles. The van der Waals surface area contributed by atoms with Crippen LogP contribution >= 0.6 is 0 Å². The standard InChI is InChI=1S/C15H19N5O/c1-10-7-15(19-14(18-10)9-21-2)20-6-4-13-11(8-20)12(16)3-5-17-13/h3,5,7H,4,6,8-9H2,1-2H3,(H2,16,17). The Balaban J connectivity index is 1.90. The molecule has 3 heterocycles. The quantitative estimate of drug-likeness (QED) is 0.920. The number of nitrogens with zero attached hydrogens (tertiary/aromatic N) is 4. The highest BCUT2D eigenvalue weighted by atomic mass is 16.5. The molecular weight excluding hydrogens is 266 g/mol. The van der Waals surface area contributed by atoms with Crippen molar-refractivity contribution >= 4 is 11.5 Å². The van der Waals surface area contributed by atoms with Crippen molar-refractivity contribution in [1.29, 1.82) is 0 Å². The topological polar surface area (TPSA) is 77.2 Å². The molecule has 0 unspecified atom stereocenters. The summed E-state index contributed by atoms with van der Waals surface area (Å²) in [7, 11) is 1.65. The van der Waals surface area contributed by atoms with Crippen LogP contribution in [0.25, 0.3) is 0 Å². The second kappa shape index (κ2) is 5.65. The minimum Gasteiger partial charge on any atom is -0.398 e. The number of methoxy groups -OCH3 is 1. The fourth-order valence-corrected chi connectivity index (χ4v) is 2.62. The monoisotopic (exact) mass is 285 g/mol. The molecule has 0 saturated heterocycles. The fraction of sp³-hybridized carbons (Fsp3) is 0.400. The van der Waals surface area contributed by atoms with Crippen LogP contribution in [0.1, 0.15) is 22.8 Å². The van der Waals surface area contributed by atoms with Gasteiger partial charge in [0.25, 0.3) is 0 Å². The van der Waals surface area contributed by atoms with Gasteiger partial charge in [-0.25, -0.2) is 9.97 Å². The Labute approximate surface area is 124 Å². The van der Waals surface area contributed by atoms with E-state index in [0.717, 1.165) is 48.0 Å². The molecule has 0 amide bonds. The molecule has 1 aliphatic heterocycles. The highest BCUT2D eigenvalue weighted by Crippen LogP contribution is 2.26. The summed E-state index contributed by atoms with van der Waals surface area (Å²) in [5, 5.41) is 0. The largest absolute Gasteiger partial charge is 0.398 e. The van der Waals surface area contributed by atoms with Crippen molar-refractivity contribution in [3.63, 3.8) is 0 Å². The average Bonchev–Trinajstić information content (AvgIpc) is 2.47. The molecule has 2 N–H and O–H groups in total. The van der Waals surface area contributed by atoms with Crippen LogP contribution in [-0.4, -0.2) is 28.6 Å². The van der Waals surface area contributed by atoms with E-state index in [-0.39, 0.29) is 0 Å². The molecule has 0 aliphatic carbocycles. The van der Waals surface area contributed by atoms with E-state index in [1.54, 1.807) is 13.3 Å². The van der Waals surface area contributed by atoms with Gasteiger partial charge in [-0.15, -0.1) is 0 Å².